The molecule has 0 saturated heterocycles. The molecule has 6 heteroatoms. The van der Waals surface area contributed by atoms with E-state index in [0.29, 0.717) is 17.5 Å². The van der Waals surface area contributed by atoms with Crippen LogP contribution in [0.25, 0.3) is 87.8 Å². The fraction of sp³-hybridized carbons (Fsp3) is 0. The lowest BCUT2D eigenvalue weighted by Gasteiger charge is -2.10. The molecule has 0 unspecified atom stereocenters. The van der Waals surface area contributed by atoms with Crippen LogP contribution in [0.5, 0.6) is 0 Å². The molecule has 0 aliphatic heterocycles. The van der Waals surface area contributed by atoms with Gasteiger partial charge in [-0.05, 0) is 18.2 Å². The van der Waals surface area contributed by atoms with Crippen molar-refractivity contribution in [3.8, 4) is 56.7 Å². The number of benzene rings is 5. The molecule has 0 saturated carbocycles. The molecule has 0 radical (unpaired) electrons. The van der Waals surface area contributed by atoms with E-state index in [1.165, 1.54) is 20.2 Å². The Balaban J connectivity index is 1.10. The Kier molecular flexibility index (Phi) is 6.58. The standard InChI is InChI=1S/C41H25N5S/c1-3-10-28(11-4-1)39-44-40(29-12-5-2-6-13-29)46-41(45-39)30-20-18-26(19-21-30)34-23-22-27-14-9-16-32(38(27)43-34)35-24-33-31-15-7-8-17-36(31)47-37(33)25-42-35/h1-25H. The first-order valence-corrected chi connectivity index (χ1v) is 16.2. The first kappa shape index (κ1) is 27.2. The average Bonchev–Trinajstić information content (AvgIpc) is 3.53. The molecular formula is C41H25N5S. The molecule has 5 nitrogen and oxygen atoms in total. The van der Waals surface area contributed by atoms with Crippen LogP contribution >= 0.6 is 11.3 Å². The van der Waals surface area contributed by atoms with Crippen LogP contribution in [0.3, 0.4) is 0 Å². The molecule has 0 fully saturated rings. The first-order chi connectivity index (χ1) is 23.3. The maximum absolute atomic E-state index is 5.18. The Morgan fingerprint density at radius 2 is 1.02 bits per heavy atom. The van der Waals surface area contributed by atoms with Crippen molar-refractivity contribution in [3.05, 3.63) is 152 Å². The number of rotatable bonds is 5. The number of nitrogens with zero attached hydrogens (tertiary/aromatic N) is 5. The second-order valence-electron chi connectivity index (χ2n) is 11.4. The van der Waals surface area contributed by atoms with Gasteiger partial charge in [0, 0.05) is 54.9 Å². The van der Waals surface area contributed by atoms with E-state index in [2.05, 4.69) is 84.9 Å². The van der Waals surface area contributed by atoms with Crippen LogP contribution in [0, 0.1) is 0 Å². The molecule has 9 rings (SSSR count). The topological polar surface area (TPSA) is 64.5 Å². The van der Waals surface area contributed by atoms with Gasteiger partial charge in [0.25, 0.3) is 0 Å². The summed E-state index contributed by atoms with van der Waals surface area (Å²) in [7, 11) is 0. The molecule has 0 atom stereocenters. The molecule has 0 N–H and O–H groups in total. The Hall–Kier alpha value is -6.11. The third-order valence-corrected chi connectivity index (χ3v) is 9.52. The monoisotopic (exact) mass is 619 g/mol. The van der Waals surface area contributed by atoms with E-state index in [9.17, 15) is 0 Å². The lowest BCUT2D eigenvalue weighted by atomic mass is 10.0. The van der Waals surface area contributed by atoms with E-state index in [-0.39, 0.29) is 0 Å². The number of para-hydroxylation sites is 1. The van der Waals surface area contributed by atoms with Crippen LogP contribution < -0.4 is 0 Å². The zero-order valence-electron chi connectivity index (χ0n) is 25.1. The molecule has 220 valence electrons. The smallest absolute Gasteiger partial charge is 0.164 e. The molecule has 4 aromatic heterocycles. The number of hydrogen-bond acceptors (Lipinski definition) is 6. The molecule has 0 spiro atoms. The van der Waals surface area contributed by atoms with Crippen molar-refractivity contribution >= 4 is 42.4 Å². The van der Waals surface area contributed by atoms with Gasteiger partial charge in [-0.25, -0.2) is 19.9 Å². The van der Waals surface area contributed by atoms with Crippen molar-refractivity contribution < 1.29 is 0 Å². The third-order valence-electron chi connectivity index (χ3n) is 8.40. The highest BCUT2D eigenvalue weighted by Gasteiger charge is 2.14. The van der Waals surface area contributed by atoms with E-state index < -0.39 is 0 Å². The molecular weight excluding hydrogens is 595 g/mol. The molecule has 0 aliphatic carbocycles. The zero-order chi connectivity index (χ0) is 31.2. The summed E-state index contributed by atoms with van der Waals surface area (Å²) in [4.78, 5) is 24.6. The Morgan fingerprint density at radius 1 is 0.404 bits per heavy atom. The van der Waals surface area contributed by atoms with Crippen molar-refractivity contribution in [1.29, 1.82) is 0 Å². The van der Waals surface area contributed by atoms with Gasteiger partial charge in [0.15, 0.2) is 17.5 Å². The van der Waals surface area contributed by atoms with E-state index in [0.717, 1.165) is 50.1 Å². The van der Waals surface area contributed by atoms with Crippen LogP contribution in [0.1, 0.15) is 0 Å². The minimum Gasteiger partial charge on any atom is -0.255 e. The summed E-state index contributed by atoms with van der Waals surface area (Å²) in [5.41, 5.74) is 7.58. The average molecular weight is 620 g/mol. The number of fused-ring (bicyclic) bond motifs is 4. The Bertz CT molecular complexity index is 2500. The molecule has 4 heterocycles. The van der Waals surface area contributed by atoms with Crippen LogP contribution in [0.15, 0.2) is 152 Å². The van der Waals surface area contributed by atoms with E-state index in [1.807, 2.05) is 66.9 Å². The van der Waals surface area contributed by atoms with Gasteiger partial charge in [0.2, 0.25) is 0 Å². The van der Waals surface area contributed by atoms with Gasteiger partial charge < -0.3 is 0 Å². The van der Waals surface area contributed by atoms with Crippen LogP contribution in [-0.4, -0.2) is 24.9 Å². The van der Waals surface area contributed by atoms with Gasteiger partial charge in [-0.1, -0.05) is 127 Å². The van der Waals surface area contributed by atoms with Crippen LogP contribution in [0.2, 0.25) is 0 Å². The SMILES string of the molecule is c1ccc(-c2nc(-c3ccccc3)nc(-c3ccc(-c4ccc5cccc(-c6cc7c(cn6)sc6ccccc67)c5n4)cc3)n2)cc1. The number of aromatic nitrogens is 5. The highest BCUT2D eigenvalue weighted by Crippen LogP contribution is 2.37. The predicted molar refractivity (Wildman–Crippen MR) is 193 cm³/mol. The quantitative estimate of drug-likeness (QED) is 0.192. The lowest BCUT2D eigenvalue weighted by molar-refractivity contribution is 1.07. The Labute approximate surface area is 275 Å². The highest BCUT2D eigenvalue weighted by molar-refractivity contribution is 7.25. The first-order valence-electron chi connectivity index (χ1n) is 15.4. The molecule has 0 bridgehead atoms. The minimum atomic E-state index is 0.625. The van der Waals surface area contributed by atoms with E-state index >= 15 is 0 Å². The third kappa shape index (κ3) is 5.01. The molecule has 0 amide bonds. The number of thiophene rings is 1. The predicted octanol–water partition coefficient (Wildman–Crippen LogP) is 10.5. The summed E-state index contributed by atoms with van der Waals surface area (Å²) in [6.07, 6.45) is 1.99. The maximum atomic E-state index is 5.18. The van der Waals surface area contributed by atoms with Crippen molar-refractivity contribution in [3.63, 3.8) is 0 Å². The van der Waals surface area contributed by atoms with Crippen molar-refractivity contribution in [2.75, 3.05) is 0 Å². The van der Waals surface area contributed by atoms with Crippen LogP contribution in [0.4, 0.5) is 0 Å². The number of pyridine rings is 2. The summed E-state index contributed by atoms with van der Waals surface area (Å²) in [6, 6.07) is 49.6. The van der Waals surface area contributed by atoms with Crippen LogP contribution in [-0.2, 0) is 0 Å². The van der Waals surface area contributed by atoms with Gasteiger partial charge in [-0.2, -0.15) is 0 Å². The minimum absolute atomic E-state index is 0.625. The van der Waals surface area contributed by atoms with Crippen molar-refractivity contribution in [1.82, 2.24) is 24.9 Å². The van der Waals surface area contributed by atoms with Gasteiger partial charge in [-0.15, -0.1) is 11.3 Å². The van der Waals surface area contributed by atoms with Crippen molar-refractivity contribution in [2.45, 2.75) is 0 Å². The molecule has 9 aromatic rings. The highest BCUT2D eigenvalue weighted by atomic mass is 32.1. The second-order valence-corrected chi connectivity index (χ2v) is 12.4. The number of hydrogen-bond donors (Lipinski definition) is 0. The maximum Gasteiger partial charge on any atom is 0.164 e. The summed E-state index contributed by atoms with van der Waals surface area (Å²) < 4.78 is 2.46. The zero-order valence-corrected chi connectivity index (χ0v) is 25.9. The summed E-state index contributed by atoms with van der Waals surface area (Å²) in [5, 5.41) is 3.56. The van der Waals surface area contributed by atoms with E-state index in [4.69, 9.17) is 24.9 Å². The van der Waals surface area contributed by atoms with E-state index in [1.54, 1.807) is 11.3 Å². The normalized spacial score (nSPS) is 11.4. The summed E-state index contributed by atoms with van der Waals surface area (Å²) >= 11 is 1.78. The molecule has 5 aromatic carbocycles. The van der Waals surface area contributed by atoms with Gasteiger partial charge in [0.05, 0.1) is 21.6 Å². The second kappa shape index (κ2) is 11.4. The lowest BCUT2D eigenvalue weighted by Crippen LogP contribution is -2.00. The fourth-order valence-electron chi connectivity index (χ4n) is 6.02. The largest absolute Gasteiger partial charge is 0.255 e. The molecule has 47 heavy (non-hydrogen) atoms. The van der Waals surface area contributed by atoms with Gasteiger partial charge in [0.1, 0.15) is 0 Å². The fourth-order valence-corrected chi connectivity index (χ4v) is 7.08. The van der Waals surface area contributed by atoms with Gasteiger partial charge >= 0.3 is 0 Å². The summed E-state index contributed by atoms with van der Waals surface area (Å²) in [5.74, 6) is 1.91. The Morgan fingerprint density at radius 3 is 1.72 bits per heavy atom. The summed E-state index contributed by atoms with van der Waals surface area (Å²) in [6.45, 7) is 0. The van der Waals surface area contributed by atoms with Gasteiger partial charge in [-0.3, -0.25) is 4.98 Å². The molecule has 0 aliphatic rings. The van der Waals surface area contributed by atoms with Crippen molar-refractivity contribution in [2.24, 2.45) is 0 Å².